The maximum absolute atomic E-state index is 6.16. The number of halogens is 1. The first-order valence-corrected chi connectivity index (χ1v) is 7.29. The number of anilines is 1. The fraction of sp³-hybridized carbons (Fsp3) is 0.294. The van der Waals surface area contributed by atoms with Gasteiger partial charge in [-0.3, -0.25) is 0 Å². The summed E-state index contributed by atoms with van der Waals surface area (Å²) >= 11 is 6.16. The first kappa shape index (κ1) is 13.3. The normalized spacial score (nSPS) is 14.6. The molecule has 104 valence electrons. The van der Waals surface area contributed by atoms with Gasteiger partial charge in [0.1, 0.15) is 5.75 Å². The molecule has 1 aliphatic rings. The Balaban J connectivity index is 1.78. The molecule has 0 spiro atoms. The van der Waals surface area contributed by atoms with Crippen LogP contribution in [0.5, 0.6) is 5.75 Å². The van der Waals surface area contributed by atoms with Crippen LogP contribution in [0.4, 0.5) is 5.69 Å². The summed E-state index contributed by atoms with van der Waals surface area (Å²) in [5.41, 5.74) is 4.72. The first-order valence-electron chi connectivity index (χ1n) is 6.92. The van der Waals surface area contributed by atoms with E-state index in [1.165, 1.54) is 11.1 Å². The molecule has 0 saturated carbocycles. The molecule has 0 aliphatic carbocycles. The van der Waals surface area contributed by atoms with Gasteiger partial charge < -0.3 is 10.1 Å². The van der Waals surface area contributed by atoms with E-state index in [2.05, 4.69) is 36.5 Å². The van der Waals surface area contributed by atoms with Gasteiger partial charge in [-0.25, -0.2) is 0 Å². The summed E-state index contributed by atoms with van der Waals surface area (Å²) < 4.78 is 5.54. The van der Waals surface area contributed by atoms with Crippen molar-refractivity contribution < 1.29 is 4.74 Å². The average Bonchev–Trinajstić information content (AvgIpc) is 2.90. The van der Waals surface area contributed by atoms with Gasteiger partial charge in [-0.15, -0.1) is 0 Å². The van der Waals surface area contributed by atoms with Crippen LogP contribution in [0.15, 0.2) is 36.4 Å². The quantitative estimate of drug-likeness (QED) is 0.879. The van der Waals surface area contributed by atoms with Gasteiger partial charge in [0, 0.05) is 23.2 Å². The van der Waals surface area contributed by atoms with Crippen LogP contribution in [0.3, 0.4) is 0 Å². The highest BCUT2D eigenvalue weighted by Crippen LogP contribution is 2.30. The van der Waals surface area contributed by atoms with Crippen LogP contribution in [0.1, 0.15) is 29.7 Å². The molecule has 0 saturated heterocycles. The predicted octanol–water partition coefficient (Wildman–Crippen LogP) is 4.76. The van der Waals surface area contributed by atoms with Crippen LogP contribution in [-0.4, -0.2) is 6.61 Å². The molecule has 1 atom stereocenters. The molecule has 1 N–H and O–H groups in total. The molecular formula is C17H18ClNO. The van der Waals surface area contributed by atoms with Gasteiger partial charge in [-0.05, 0) is 54.8 Å². The Morgan fingerprint density at radius 3 is 2.85 bits per heavy atom. The predicted molar refractivity (Wildman–Crippen MR) is 83.9 cm³/mol. The number of ether oxygens (including phenoxy) is 1. The van der Waals surface area contributed by atoms with E-state index in [0.29, 0.717) is 0 Å². The zero-order valence-electron chi connectivity index (χ0n) is 11.7. The minimum atomic E-state index is 0.236. The van der Waals surface area contributed by atoms with E-state index in [-0.39, 0.29) is 6.04 Å². The lowest BCUT2D eigenvalue weighted by molar-refractivity contribution is 0.357. The Morgan fingerprint density at radius 1 is 1.20 bits per heavy atom. The highest BCUT2D eigenvalue weighted by atomic mass is 35.5. The summed E-state index contributed by atoms with van der Waals surface area (Å²) in [6.45, 7) is 4.97. The molecule has 0 radical (unpaired) electrons. The largest absolute Gasteiger partial charge is 0.493 e. The molecule has 0 bridgehead atoms. The zero-order chi connectivity index (χ0) is 14.1. The maximum atomic E-state index is 6.16. The Bertz CT molecular complexity index is 639. The number of hydrogen-bond acceptors (Lipinski definition) is 2. The van der Waals surface area contributed by atoms with E-state index < -0.39 is 0 Å². The lowest BCUT2D eigenvalue weighted by atomic mass is 10.0. The van der Waals surface area contributed by atoms with Gasteiger partial charge >= 0.3 is 0 Å². The second-order valence-corrected chi connectivity index (χ2v) is 5.70. The van der Waals surface area contributed by atoms with Gasteiger partial charge in [0.15, 0.2) is 0 Å². The van der Waals surface area contributed by atoms with Crippen LogP contribution in [0.25, 0.3) is 0 Å². The number of rotatable bonds is 3. The molecule has 0 amide bonds. The maximum Gasteiger partial charge on any atom is 0.122 e. The summed E-state index contributed by atoms with van der Waals surface area (Å²) in [4.78, 5) is 0. The number of benzene rings is 2. The summed E-state index contributed by atoms with van der Waals surface area (Å²) in [6.07, 6.45) is 1.01. The molecule has 1 unspecified atom stereocenters. The summed E-state index contributed by atoms with van der Waals surface area (Å²) in [7, 11) is 0. The van der Waals surface area contributed by atoms with Gasteiger partial charge in [0.05, 0.1) is 6.61 Å². The minimum Gasteiger partial charge on any atom is -0.493 e. The Morgan fingerprint density at radius 2 is 2.05 bits per heavy atom. The van der Waals surface area contributed by atoms with Crippen LogP contribution in [-0.2, 0) is 6.42 Å². The summed E-state index contributed by atoms with van der Waals surface area (Å²) in [5, 5.41) is 4.29. The highest BCUT2D eigenvalue weighted by Gasteiger charge is 2.14. The van der Waals surface area contributed by atoms with Gasteiger partial charge in [-0.1, -0.05) is 23.7 Å². The third-order valence-electron chi connectivity index (χ3n) is 3.77. The molecule has 2 aromatic rings. The second kappa shape index (κ2) is 5.37. The molecule has 0 fully saturated rings. The van der Waals surface area contributed by atoms with E-state index >= 15 is 0 Å². The van der Waals surface area contributed by atoms with Crippen molar-refractivity contribution in [1.29, 1.82) is 0 Å². The lowest BCUT2D eigenvalue weighted by Crippen LogP contribution is -2.06. The SMILES string of the molecule is Cc1ccc(NC(C)c2ccc3c(c2)CCO3)cc1Cl. The van der Waals surface area contributed by atoms with Crippen LogP contribution >= 0.6 is 11.6 Å². The first-order chi connectivity index (χ1) is 9.63. The highest BCUT2D eigenvalue weighted by molar-refractivity contribution is 6.31. The van der Waals surface area contributed by atoms with Crippen molar-refractivity contribution in [3.05, 3.63) is 58.1 Å². The topological polar surface area (TPSA) is 21.3 Å². The van der Waals surface area contributed by atoms with Crippen molar-refractivity contribution >= 4 is 17.3 Å². The van der Waals surface area contributed by atoms with Crippen molar-refractivity contribution in [3.8, 4) is 5.75 Å². The van der Waals surface area contributed by atoms with E-state index in [4.69, 9.17) is 16.3 Å². The summed E-state index contributed by atoms with van der Waals surface area (Å²) in [6, 6.07) is 12.7. The van der Waals surface area contributed by atoms with E-state index in [1.54, 1.807) is 0 Å². The molecule has 3 rings (SSSR count). The van der Waals surface area contributed by atoms with Crippen molar-refractivity contribution in [2.75, 3.05) is 11.9 Å². The van der Waals surface area contributed by atoms with Gasteiger partial charge in [0.2, 0.25) is 0 Å². The molecule has 20 heavy (non-hydrogen) atoms. The monoisotopic (exact) mass is 287 g/mol. The van der Waals surface area contributed by atoms with Crippen molar-refractivity contribution in [3.63, 3.8) is 0 Å². The number of nitrogens with one attached hydrogen (secondary N) is 1. The Hall–Kier alpha value is -1.67. The van der Waals surface area contributed by atoms with Crippen LogP contribution in [0.2, 0.25) is 5.02 Å². The Kier molecular flexibility index (Phi) is 3.58. The minimum absolute atomic E-state index is 0.236. The fourth-order valence-electron chi connectivity index (χ4n) is 2.49. The number of aryl methyl sites for hydroxylation is 1. The second-order valence-electron chi connectivity index (χ2n) is 5.30. The van der Waals surface area contributed by atoms with E-state index in [9.17, 15) is 0 Å². The number of hydrogen-bond donors (Lipinski definition) is 1. The van der Waals surface area contributed by atoms with Gasteiger partial charge in [-0.2, -0.15) is 0 Å². The molecule has 1 heterocycles. The summed E-state index contributed by atoms with van der Waals surface area (Å²) in [5.74, 6) is 1.03. The third kappa shape index (κ3) is 2.61. The van der Waals surface area contributed by atoms with E-state index in [1.807, 2.05) is 19.1 Å². The number of fused-ring (bicyclic) bond motifs is 1. The standard InChI is InChI=1S/C17H18ClNO/c1-11-3-5-15(10-16(11)18)19-12(2)13-4-6-17-14(9-13)7-8-20-17/h3-6,9-10,12,19H,7-8H2,1-2H3. The lowest BCUT2D eigenvalue weighted by Gasteiger charge is -2.17. The van der Waals surface area contributed by atoms with Gasteiger partial charge in [0.25, 0.3) is 0 Å². The van der Waals surface area contributed by atoms with Crippen molar-refractivity contribution in [2.24, 2.45) is 0 Å². The Labute approximate surface area is 124 Å². The van der Waals surface area contributed by atoms with Crippen LogP contribution in [0, 0.1) is 6.92 Å². The smallest absolute Gasteiger partial charge is 0.122 e. The molecule has 1 aliphatic heterocycles. The fourth-order valence-corrected chi connectivity index (χ4v) is 2.67. The molecule has 3 heteroatoms. The van der Waals surface area contributed by atoms with Crippen molar-refractivity contribution in [1.82, 2.24) is 0 Å². The third-order valence-corrected chi connectivity index (χ3v) is 4.18. The van der Waals surface area contributed by atoms with Crippen LogP contribution < -0.4 is 10.1 Å². The van der Waals surface area contributed by atoms with Crippen molar-refractivity contribution in [2.45, 2.75) is 26.3 Å². The molecule has 2 nitrogen and oxygen atoms in total. The van der Waals surface area contributed by atoms with E-state index in [0.717, 1.165) is 35.1 Å². The molecule has 0 aromatic heterocycles. The average molecular weight is 288 g/mol. The molecule has 2 aromatic carbocycles. The molecular weight excluding hydrogens is 270 g/mol. The zero-order valence-corrected chi connectivity index (χ0v) is 12.5.